The first kappa shape index (κ1) is 14.3. The van der Waals surface area contributed by atoms with Crippen LogP contribution in [0.4, 0.5) is 0 Å². The summed E-state index contributed by atoms with van der Waals surface area (Å²) in [6.07, 6.45) is 13.0. The molecule has 118 valence electrons. The normalized spacial score (nSPS) is 52.6. The summed E-state index contributed by atoms with van der Waals surface area (Å²) in [5.41, 5.74) is 2.01. The Morgan fingerprint density at radius 2 is 1.95 bits per heavy atom. The van der Waals surface area contributed by atoms with E-state index in [9.17, 15) is 10.2 Å². The lowest BCUT2D eigenvalue weighted by atomic mass is 9.47. The summed E-state index contributed by atoms with van der Waals surface area (Å²) in [6, 6.07) is 0. The van der Waals surface area contributed by atoms with Gasteiger partial charge >= 0.3 is 0 Å². The molecule has 0 saturated heterocycles. The molecule has 0 aromatic heterocycles. The highest BCUT2D eigenvalue weighted by Crippen LogP contribution is 2.65. The molecule has 0 amide bonds. The molecule has 3 saturated carbocycles. The Bertz CT molecular complexity index is 456. The molecule has 0 bridgehead atoms. The van der Waals surface area contributed by atoms with Crippen molar-refractivity contribution in [1.29, 1.82) is 0 Å². The Kier molecular flexibility index (Phi) is 3.28. The van der Waals surface area contributed by atoms with E-state index in [4.69, 9.17) is 0 Å². The molecule has 4 rings (SSSR count). The van der Waals surface area contributed by atoms with Crippen LogP contribution in [0.5, 0.6) is 0 Å². The lowest BCUT2D eigenvalue weighted by molar-refractivity contribution is -0.0688. The van der Waals surface area contributed by atoms with E-state index in [1.54, 1.807) is 0 Å². The van der Waals surface area contributed by atoms with Crippen molar-refractivity contribution in [3.63, 3.8) is 0 Å². The molecule has 0 radical (unpaired) electrons. The van der Waals surface area contributed by atoms with Gasteiger partial charge in [-0.25, -0.2) is 0 Å². The Morgan fingerprint density at radius 3 is 2.76 bits per heavy atom. The van der Waals surface area contributed by atoms with Crippen molar-refractivity contribution in [1.82, 2.24) is 0 Å². The van der Waals surface area contributed by atoms with Crippen molar-refractivity contribution in [3.05, 3.63) is 11.6 Å². The first-order valence-electron chi connectivity index (χ1n) is 9.09. The molecular formula is C19H30O2. The van der Waals surface area contributed by atoms with Crippen LogP contribution in [0, 0.1) is 28.6 Å². The summed E-state index contributed by atoms with van der Waals surface area (Å²) in [4.78, 5) is 0. The maximum atomic E-state index is 10.3. The lowest BCUT2D eigenvalue weighted by Crippen LogP contribution is -2.52. The summed E-state index contributed by atoms with van der Waals surface area (Å²) >= 11 is 0. The zero-order valence-corrected chi connectivity index (χ0v) is 13.4. The van der Waals surface area contributed by atoms with E-state index < -0.39 is 0 Å². The van der Waals surface area contributed by atoms with E-state index in [2.05, 4.69) is 13.0 Å². The number of aliphatic hydroxyl groups excluding tert-OH is 2. The molecule has 4 aliphatic rings. The fourth-order valence-electron chi connectivity index (χ4n) is 6.79. The highest BCUT2D eigenvalue weighted by atomic mass is 16.3. The van der Waals surface area contributed by atoms with E-state index in [0.717, 1.165) is 31.1 Å². The van der Waals surface area contributed by atoms with Gasteiger partial charge in [-0.1, -0.05) is 25.0 Å². The van der Waals surface area contributed by atoms with Crippen molar-refractivity contribution in [2.45, 2.75) is 70.8 Å². The first-order valence-corrected chi connectivity index (χ1v) is 9.09. The number of fused-ring (bicyclic) bond motifs is 5. The predicted octanol–water partition coefficient (Wildman–Crippen LogP) is 3.67. The standard InChI is InChI=1S/C19H30O2/c1-18-8-2-3-16(18)15-5-4-13-11-14(21)6-10-19(13,12-20)17(15)7-9-18/h11,14-17,20-21H,2-10,12H2,1H3/t14?,15-,16-,17+,18-,19+/m0/s1. The molecule has 3 fully saturated rings. The maximum absolute atomic E-state index is 10.3. The van der Waals surface area contributed by atoms with Crippen molar-refractivity contribution < 1.29 is 10.2 Å². The second-order valence-corrected chi connectivity index (χ2v) is 8.61. The van der Waals surface area contributed by atoms with Crippen LogP contribution >= 0.6 is 0 Å². The van der Waals surface area contributed by atoms with E-state index in [-0.39, 0.29) is 11.5 Å². The van der Waals surface area contributed by atoms with Gasteiger partial charge in [-0.3, -0.25) is 0 Å². The van der Waals surface area contributed by atoms with E-state index in [0.29, 0.717) is 17.9 Å². The van der Waals surface area contributed by atoms with Gasteiger partial charge in [0, 0.05) is 5.41 Å². The van der Waals surface area contributed by atoms with Crippen molar-refractivity contribution >= 4 is 0 Å². The van der Waals surface area contributed by atoms with Crippen molar-refractivity contribution in [2.75, 3.05) is 6.61 Å². The molecule has 2 nitrogen and oxygen atoms in total. The fraction of sp³-hybridized carbons (Fsp3) is 0.895. The Balaban J connectivity index is 1.70. The van der Waals surface area contributed by atoms with E-state index >= 15 is 0 Å². The summed E-state index contributed by atoms with van der Waals surface area (Å²) < 4.78 is 0. The first-order chi connectivity index (χ1) is 10.1. The predicted molar refractivity (Wildman–Crippen MR) is 83.7 cm³/mol. The van der Waals surface area contributed by atoms with Gasteiger partial charge in [-0.05, 0) is 74.5 Å². The highest BCUT2D eigenvalue weighted by Gasteiger charge is 2.57. The average Bonchev–Trinajstić information content (AvgIpc) is 2.88. The number of hydrogen-bond donors (Lipinski definition) is 2. The largest absolute Gasteiger partial charge is 0.395 e. The van der Waals surface area contributed by atoms with Crippen LogP contribution in [0.3, 0.4) is 0 Å². The Hall–Kier alpha value is -0.340. The highest BCUT2D eigenvalue weighted by molar-refractivity contribution is 5.26. The molecule has 0 aromatic rings. The summed E-state index contributed by atoms with van der Waals surface area (Å²) in [5.74, 6) is 2.39. The minimum Gasteiger partial charge on any atom is -0.395 e. The SMILES string of the molecule is C[C@@]12CCC[C@H]1[C@@H]1CCC3=CC(O)CC[C@]3(CO)[C@@H]1CC2. The third-order valence-corrected chi connectivity index (χ3v) is 7.88. The molecule has 21 heavy (non-hydrogen) atoms. The smallest absolute Gasteiger partial charge is 0.0724 e. The van der Waals surface area contributed by atoms with E-state index in [1.165, 1.54) is 44.1 Å². The summed E-state index contributed by atoms with van der Waals surface area (Å²) in [6.45, 7) is 2.83. The zero-order valence-electron chi connectivity index (χ0n) is 13.4. The van der Waals surface area contributed by atoms with Crippen LogP contribution in [-0.2, 0) is 0 Å². The van der Waals surface area contributed by atoms with Crippen LogP contribution in [0.25, 0.3) is 0 Å². The third-order valence-electron chi connectivity index (χ3n) is 7.88. The minimum atomic E-state index is -0.267. The molecule has 1 unspecified atom stereocenters. The monoisotopic (exact) mass is 290 g/mol. The van der Waals surface area contributed by atoms with Gasteiger partial charge in [0.2, 0.25) is 0 Å². The van der Waals surface area contributed by atoms with Gasteiger partial charge in [0.15, 0.2) is 0 Å². The summed E-state index contributed by atoms with van der Waals surface area (Å²) in [5, 5.41) is 20.3. The van der Waals surface area contributed by atoms with Crippen LogP contribution in [0.2, 0.25) is 0 Å². The van der Waals surface area contributed by atoms with Gasteiger partial charge < -0.3 is 10.2 Å². The Labute approximate surface area is 128 Å². The molecular weight excluding hydrogens is 260 g/mol. The average molecular weight is 290 g/mol. The number of hydrogen-bond acceptors (Lipinski definition) is 2. The van der Waals surface area contributed by atoms with Crippen molar-refractivity contribution in [3.8, 4) is 0 Å². The molecule has 0 heterocycles. The van der Waals surface area contributed by atoms with Gasteiger partial charge in [0.1, 0.15) is 0 Å². The second-order valence-electron chi connectivity index (χ2n) is 8.61. The zero-order chi connectivity index (χ0) is 14.7. The topological polar surface area (TPSA) is 40.5 Å². The molecule has 2 heteroatoms. The molecule has 2 N–H and O–H groups in total. The maximum Gasteiger partial charge on any atom is 0.0724 e. The molecule has 0 aliphatic heterocycles. The number of rotatable bonds is 1. The molecule has 4 aliphatic carbocycles. The molecule has 0 aromatic carbocycles. The van der Waals surface area contributed by atoms with Crippen LogP contribution in [0.1, 0.15) is 64.7 Å². The number of aliphatic hydroxyl groups is 2. The quantitative estimate of drug-likeness (QED) is 0.723. The minimum absolute atomic E-state index is 0.0199. The van der Waals surface area contributed by atoms with Crippen LogP contribution in [-0.4, -0.2) is 22.9 Å². The van der Waals surface area contributed by atoms with E-state index in [1.807, 2.05) is 0 Å². The van der Waals surface area contributed by atoms with Gasteiger partial charge in [-0.15, -0.1) is 0 Å². The molecule has 6 atom stereocenters. The van der Waals surface area contributed by atoms with Crippen molar-refractivity contribution in [2.24, 2.45) is 28.6 Å². The lowest BCUT2D eigenvalue weighted by Gasteiger charge is -2.58. The van der Waals surface area contributed by atoms with Gasteiger partial charge in [0.05, 0.1) is 12.7 Å². The fourth-order valence-corrected chi connectivity index (χ4v) is 6.79. The van der Waals surface area contributed by atoms with Gasteiger partial charge in [0.25, 0.3) is 0 Å². The van der Waals surface area contributed by atoms with Crippen LogP contribution < -0.4 is 0 Å². The Morgan fingerprint density at radius 1 is 1.10 bits per heavy atom. The second kappa shape index (κ2) is 4.83. The van der Waals surface area contributed by atoms with Gasteiger partial charge in [-0.2, -0.15) is 0 Å². The summed E-state index contributed by atoms with van der Waals surface area (Å²) in [7, 11) is 0. The third kappa shape index (κ3) is 1.91. The molecule has 0 spiro atoms. The van der Waals surface area contributed by atoms with Crippen LogP contribution in [0.15, 0.2) is 11.6 Å².